The average Bonchev–Trinajstić information content (AvgIpc) is 2.91. The molecule has 0 spiro atoms. The van der Waals surface area contributed by atoms with E-state index >= 15 is 0 Å². The van der Waals surface area contributed by atoms with Crippen LogP contribution in [-0.2, 0) is 0 Å². The van der Waals surface area contributed by atoms with E-state index in [0.717, 1.165) is 11.6 Å². The standard InChI is InChI=1S/C15H9ClN2O5/c1-7-2-4-8(5-3-7)14-17-9-6-10(18(21)22)11(15(19)20)12(16)13(9)23-14/h2-6H,1H3,(H,19,20). The van der Waals surface area contributed by atoms with Gasteiger partial charge in [-0.05, 0) is 19.1 Å². The fraction of sp³-hybridized carbons (Fsp3) is 0.0667. The third kappa shape index (κ3) is 2.51. The van der Waals surface area contributed by atoms with Crippen molar-refractivity contribution in [3.63, 3.8) is 0 Å². The molecule has 116 valence electrons. The predicted molar refractivity (Wildman–Crippen MR) is 82.8 cm³/mol. The molecule has 23 heavy (non-hydrogen) atoms. The molecule has 0 radical (unpaired) electrons. The van der Waals surface area contributed by atoms with E-state index in [9.17, 15) is 14.9 Å². The minimum Gasteiger partial charge on any atom is -0.477 e. The van der Waals surface area contributed by atoms with Crippen LogP contribution in [0.4, 0.5) is 5.69 Å². The van der Waals surface area contributed by atoms with Gasteiger partial charge >= 0.3 is 5.97 Å². The first-order chi connectivity index (χ1) is 10.9. The molecule has 0 amide bonds. The Balaban J connectivity index is 2.27. The summed E-state index contributed by atoms with van der Waals surface area (Å²) in [5.74, 6) is -1.30. The topological polar surface area (TPSA) is 106 Å². The number of carbonyl (C=O) groups is 1. The van der Waals surface area contributed by atoms with Crippen LogP contribution in [0.2, 0.25) is 5.02 Å². The molecular formula is C15H9ClN2O5. The molecule has 7 nitrogen and oxygen atoms in total. The molecule has 0 atom stereocenters. The molecule has 0 aliphatic carbocycles. The van der Waals surface area contributed by atoms with Crippen molar-refractivity contribution in [2.45, 2.75) is 6.92 Å². The number of carboxylic acid groups (broad SMARTS) is 1. The van der Waals surface area contributed by atoms with Gasteiger partial charge in [0.05, 0.1) is 4.92 Å². The van der Waals surface area contributed by atoms with Gasteiger partial charge in [-0.25, -0.2) is 9.78 Å². The predicted octanol–water partition coefficient (Wildman–Crippen LogP) is 4.06. The highest BCUT2D eigenvalue weighted by atomic mass is 35.5. The van der Waals surface area contributed by atoms with E-state index in [1.165, 1.54) is 0 Å². The molecular weight excluding hydrogens is 324 g/mol. The Kier molecular flexibility index (Phi) is 3.49. The maximum absolute atomic E-state index is 11.3. The number of benzene rings is 2. The van der Waals surface area contributed by atoms with E-state index in [-0.39, 0.29) is 22.0 Å². The quantitative estimate of drug-likeness (QED) is 0.572. The average molecular weight is 333 g/mol. The van der Waals surface area contributed by atoms with E-state index in [0.29, 0.717) is 5.56 Å². The number of halogens is 1. The van der Waals surface area contributed by atoms with Crippen molar-refractivity contribution in [2.75, 3.05) is 0 Å². The number of aromatic nitrogens is 1. The minimum absolute atomic E-state index is 0.00485. The van der Waals surface area contributed by atoms with Gasteiger partial charge in [0.2, 0.25) is 5.89 Å². The molecule has 0 unspecified atom stereocenters. The van der Waals surface area contributed by atoms with Gasteiger partial charge < -0.3 is 9.52 Å². The number of nitro benzene ring substituents is 1. The Labute approximate surface area is 134 Å². The van der Waals surface area contributed by atoms with Crippen LogP contribution in [0.5, 0.6) is 0 Å². The number of nitro groups is 1. The number of aryl methyl sites for hydroxylation is 1. The zero-order valence-electron chi connectivity index (χ0n) is 11.7. The molecule has 1 aromatic heterocycles. The minimum atomic E-state index is -1.50. The molecule has 0 bridgehead atoms. The first kappa shape index (κ1) is 15.0. The van der Waals surface area contributed by atoms with E-state index in [1.54, 1.807) is 12.1 Å². The van der Waals surface area contributed by atoms with Gasteiger partial charge in [0, 0.05) is 11.6 Å². The van der Waals surface area contributed by atoms with Crippen LogP contribution in [0.15, 0.2) is 34.7 Å². The van der Waals surface area contributed by atoms with E-state index < -0.39 is 22.1 Å². The summed E-state index contributed by atoms with van der Waals surface area (Å²) in [6, 6.07) is 8.32. The van der Waals surface area contributed by atoms with Crippen molar-refractivity contribution >= 4 is 34.4 Å². The number of hydrogen-bond donors (Lipinski definition) is 1. The van der Waals surface area contributed by atoms with Crippen LogP contribution in [0.3, 0.4) is 0 Å². The maximum Gasteiger partial charge on any atom is 0.344 e. The van der Waals surface area contributed by atoms with Crippen LogP contribution in [0.25, 0.3) is 22.6 Å². The second kappa shape index (κ2) is 5.36. The Bertz CT molecular complexity index is 947. The molecule has 3 rings (SSSR count). The summed E-state index contributed by atoms with van der Waals surface area (Å²) in [5.41, 5.74) is 0.594. The van der Waals surface area contributed by atoms with Gasteiger partial charge in [0.1, 0.15) is 10.5 Å². The fourth-order valence-corrected chi connectivity index (χ4v) is 2.49. The highest BCUT2D eigenvalue weighted by Crippen LogP contribution is 2.36. The summed E-state index contributed by atoms with van der Waals surface area (Å²) < 4.78 is 5.52. The lowest BCUT2D eigenvalue weighted by atomic mass is 10.1. The highest BCUT2D eigenvalue weighted by molar-refractivity contribution is 6.38. The lowest BCUT2D eigenvalue weighted by Gasteiger charge is -2.00. The molecule has 0 aliphatic rings. The van der Waals surface area contributed by atoms with E-state index in [1.807, 2.05) is 19.1 Å². The normalized spacial score (nSPS) is 10.9. The number of oxazole rings is 1. The third-order valence-corrected chi connectivity index (χ3v) is 3.67. The molecule has 8 heteroatoms. The van der Waals surface area contributed by atoms with Crippen molar-refractivity contribution in [2.24, 2.45) is 0 Å². The van der Waals surface area contributed by atoms with Crippen molar-refractivity contribution < 1.29 is 19.2 Å². The number of rotatable bonds is 3. The van der Waals surface area contributed by atoms with Crippen LogP contribution in [0.1, 0.15) is 15.9 Å². The first-order valence-corrected chi connectivity index (χ1v) is 6.84. The van der Waals surface area contributed by atoms with Crippen LogP contribution < -0.4 is 0 Å². The Hall–Kier alpha value is -2.93. The molecule has 2 aromatic carbocycles. The van der Waals surface area contributed by atoms with E-state index in [4.69, 9.17) is 21.1 Å². The zero-order valence-corrected chi connectivity index (χ0v) is 12.5. The zero-order chi connectivity index (χ0) is 16.7. The molecule has 1 N–H and O–H groups in total. The molecule has 0 fully saturated rings. The second-order valence-corrected chi connectivity index (χ2v) is 5.26. The number of hydrogen-bond acceptors (Lipinski definition) is 5. The molecule has 1 heterocycles. The lowest BCUT2D eigenvalue weighted by Crippen LogP contribution is -2.03. The number of nitrogens with zero attached hydrogens (tertiary/aromatic N) is 2. The van der Waals surface area contributed by atoms with E-state index in [2.05, 4.69) is 4.98 Å². The van der Waals surface area contributed by atoms with Crippen LogP contribution >= 0.6 is 11.6 Å². The molecule has 0 saturated carbocycles. The molecule has 0 aliphatic heterocycles. The molecule has 3 aromatic rings. The summed E-state index contributed by atoms with van der Waals surface area (Å²) in [5, 5.41) is 19.9. The monoisotopic (exact) mass is 332 g/mol. The summed E-state index contributed by atoms with van der Waals surface area (Å²) >= 11 is 5.99. The summed E-state index contributed by atoms with van der Waals surface area (Å²) in [7, 11) is 0. The van der Waals surface area contributed by atoms with Crippen LogP contribution in [0, 0.1) is 17.0 Å². The SMILES string of the molecule is Cc1ccc(-c2nc3cc([N+](=O)[O-])c(C(=O)O)c(Cl)c3o2)cc1. The summed E-state index contributed by atoms with van der Waals surface area (Å²) in [6.07, 6.45) is 0. The van der Waals surface area contributed by atoms with Gasteiger partial charge in [-0.3, -0.25) is 10.1 Å². The number of fused-ring (bicyclic) bond motifs is 1. The van der Waals surface area contributed by atoms with Crippen molar-refractivity contribution in [1.82, 2.24) is 4.98 Å². The van der Waals surface area contributed by atoms with Crippen LogP contribution in [-0.4, -0.2) is 21.0 Å². The number of carboxylic acids is 1. The lowest BCUT2D eigenvalue weighted by molar-refractivity contribution is -0.385. The third-order valence-electron chi connectivity index (χ3n) is 3.31. The number of aromatic carboxylic acids is 1. The van der Waals surface area contributed by atoms with Gasteiger partial charge in [-0.15, -0.1) is 0 Å². The summed E-state index contributed by atoms with van der Waals surface area (Å²) in [6.45, 7) is 1.93. The van der Waals surface area contributed by atoms with Gasteiger partial charge in [-0.2, -0.15) is 0 Å². The first-order valence-electron chi connectivity index (χ1n) is 6.46. The van der Waals surface area contributed by atoms with Crippen molar-refractivity contribution in [1.29, 1.82) is 0 Å². The Morgan fingerprint density at radius 2 is 2.00 bits per heavy atom. The van der Waals surface area contributed by atoms with Gasteiger partial charge in [0.15, 0.2) is 11.1 Å². The van der Waals surface area contributed by atoms with Gasteiger partial charge in [-0.1, -0.05) is 29.3 Å². The van der Waals surface area contributed by atoms with Gasteiger partial charge in [0.25, 0.3) is 5.69 Å². The summed E-state index contributed by atoms with van der Waals surface area (Å²) in [4.78, 5) is 25.7. The smallest absolute Gasteiger partial charge is 0.344 e. The highest BCUT2D eigenvalue weighted by Gasteiger charge is 2.28. The largest absolute Gasteiger partial charge is 0.477 e. The fourth-order valence-electron chi connectivity index (χ4n) is 2.18. The van der Waals surface area contributed by atoms with Crippen molar-refractivity contribution in [3.05, 3.63) is 56.6 Å². The van der Waals surface area contributed by atoms with Crippen molar-refractivity contribution in [3.8, 4) is 11.5 Å². The Morgan fingerprint density at radius 3 is 2.57 bits per heavy atom. The Morgan fingerprint density at radius 1 is 1.35 bits per heavy atom. The maximum atomic E-state index is 11.3. The second-order valence-electron chi connectivity index (χ2n) is 4.88. The molecule has 0 saturated heterocycles.